The van der Waals surface area contributed by atoms with Crippen LogP contribution in [-0.2, 0) is 16.1 Å². The molecule has 174 valence electrons. The molecule has 33 heavy (non-hydrogen) atoms. The molecular weight excluding hydrogens is 462 g/mol. The van der Waals surface area contributed by atoms with Crippen molar-refractivity contribution in [2.75, 3.05) is 6.54 Å². The smallest absolute Gasteiger partial charge is 0.303 e. The Kier molecular flexibility index (Phi) is 7.99. The lowest BCUT2D eigenvalue weighted by molar-refractivity contribution is -0.137. The summed E-state index contributed by atoms with van der Waals surface area (Å²) in [4.78, 5) is 26.3. The largest absolute Gasteiger partial charge is 0.481 e. The number of amides is 1. The van der Waals surface area contributed by atoms with Crippen molar-refractivity contribution in [3.63, 3.8) is 0 Å². The van der Waals surface area contributed by atoms with Crippen LogP contribution in [0, 0.1) is 20.8 Å². The number of thiophene rings is 1. The highest BCUT2D eigenvalue weighted by molar-refractivity contribution is 7.15. The minimum absolute atomic E-state index is 0.111. The number of nitrogens with zero attached hydrogens (tertiary/aromatic N) is 4. The van der Waals surface area contributed by atoms with Gasteiger partial charge in [0.1, 0.15) is 17.4 Å². The number of rotatable bonds is 5. The minimum Gasteiger partial charge on any atom is -0.481 e. The van der Waals surface area contributed by atoms with Gasteiger partial charge < -0.3 is 10.4 Å². The van der Waals surface area contributed by atoms with Crippen LogP contribution in [0.25, 0.3) is 5.00 Å². The Hall–Kier alpha value is -3.04. The predicted molar refractivity (Wildman–Crippen MR) is 130 cm³/mol. The number of carbonyl (C=O) groups excluding carboxylic acids is 1. The first kappa shape index (κ1) is 24.6. The first-order chi connectivity index (χ1) is 15.7. The summed E-state index contributed by atoms with van der Waals surface area (Å²) in [6.45, 7) is 8.66. The number of hydrogen-bond donors (Lipinski definition) is 2. The number of aliphatic imine (C=N–C) groups is 1. The monoisotopic (exact) mass is 487 g/mol. The van der Waals surface area contributed by atoms with Gasteiger partial charge in [0, 0.05) is 40.9 Å². The molecule has 8 nitrogen and oxygen atoms in total. The maximum atomic E-state index is 10.2. The maximum Gasteiger partial charge on any atom is 0.303 e. The van der Waals surface area contributed by atoms with E-state index in [0.29, 0.717) is 19.5 Å². The van der Waals surface area contributed by atoms with E-state index in [-0.39, 0.29) is 12.3 Å². The van der Waals surface area contributed by atoms with Gasteiger partial charge in [0.15, 0.2) is 5.82 Å². The van der Waals surface area contributed by atoms with Crippen molar-refractivity contribution < 1.29 is 14.7 Å². The van der Waals surface area contributed by atoms with Gasteiger partial charge in [0.05, 0.1) is 5.71 Å². The molecule has 0 unspecified atom stereocenters. The molecule has 0 spiro atoms. The molecule has 0 aliphatic carbocycles. The lowest BCUT2D eigenvalue weighted by atomic mass is 10.00. The van der Waals surface area contributed by atoms with Gasteiger partial charge in [-0.15, -0.1) is 21.5 Å². The molecule has 0 saturated carbocycles. The van der Waals surface area contributed by atoms with Crippen LogP contribution in [0.1, 0.15) is 53.0 Å². The minimum atomic E-state index is -0.828. The zero-order valence-corrected chi connectivity index (χ0v) is 20.5. The van der Waals surface area contributed by atoms with Gasteiger partial charge in [0.2, 0.25) is 5.91 Å². The quantitative estimate of drug-likeness (QED) is 0.523. The molecule has 0 atom stereocenters. The zero-order chi connectivity index (χ0) is 24.1. The normalized spacial score (nSPS) is 12.0. The van der Waals surface area contributed by atoms with Crippen LogP contribution >= 0.6 is 22.9 Å². The number of aromatic nitrogens is 3. The van der Waals surface area contributed by atoms with Crippen molar-refractivity contribution in [3.8, 4) is 5.00 Å². The fourth-order valence-electron chi connectivity index (χ4n) is 3.39. The molecule has 3 heterocycles. The molecule has 1 aromatic carbocycles. The Morgan fingerprint density at radius 2 is 1.88 bits per heavy atom. The Morgan fingerprint density at radius 1 is 1.18 bits per heavy atom. The van der Waals surface area contributed by atoms with E-state index in [1.165, 1.54) is 22.9 Å². The number of carbonyl (C=O) groups is 2. The topological polar surface area (TPSA) is 109 Å². The molecule has 2 aromatic heterocycles. The average Bonchev–Trinajstić information content (AvgIpc) is 3.20. The summed E-state index contributed by atoms with van der Waals surface area (Å²) in [5, 5.41) is 21.1. The number of nitrogens with one attached hydrogen (secondary N) is 1. The van der Waals surface area contributed by atoms with Crippen molar-refractivity contribution in [2.45, 2.75) is 47.1 Å². The summed E-state index contributed by atoms with van der Waals surface area (Å²) in [6.07, 6.45) is 0.606. The van der Waals surface area contributed by atoms with Crippen LogP contribution in [0.5, 0.6) is 0 Å². The Balaban J connectivity index is 0.000000262. The zero-order valence-electron chi connectivity index (χ0n) is 19.0. The van der Waals surface area contributed by atoms with Crippen molar-refractivity contribution in [1.82, 2.24) is 20.1 Å². The van der Waals surface area contributed by atoms with Gasteiger partial charge in [-0.2, -0.15) is 0 Å². The summed E-state index contributed by atoms with van der Waals surface area (Å²) in [6, 6.07) is 7.86. The molecule has 0 saturated heterocycles. The van der Waals surface area contributed by atoms with Crippen molar-refractivity contribution in [2.24, 2.45) is 4.99 Å². The summed E-state index contributed by atoms with van der Waals surface area (Å²) in [7, 11) is 0. The molecule has 2 N–H and O–H groups in total. The van der Waals surface area contributed by atoms with E-state index in [1.54, 1.807) is 11.3 Å². The Labute approximate surface area is 201 Å². The molecule has 1 aliphatic rings. The third-order valence-corrected chi connectivity index (χ3v) is 6.58. The van der Waals surface area contributed by atoms with E-state index in [0.717, 1.165) is 32.9 Å². The van der Waals surface area contributed by atoms with Gasteiger partial charge in [-0.3, -0.25) is 19.1 Å². The number of carboxylic acids is 1. The second kappa shape index (κ2) is 10.7. The fourth-order valence-corrected chi connectivity index (χ4v) is 4.75. The van der Waals surface area contributed by atoms with Crippen LogP contribution in [0.3, 0.4) is 0 Å². The number of aryl methyl sites for hydroxylation is 2. The van der Waals surface area contributed by atoms with E-state index >= 15 is 0 Å². The van der Waals surface area contributed by atoms with E-state index in [9.17, 15) is 9.59 Å². The van der Waals surface area contributed by atoms with Crippen LogP contribution in [0.4, 0.5) is 0 Å². The third kappa shape index (κ3) is 5.85. The molecule has 3 aromatic rings. The highest BCUT2D eigenvalue weighted by Crippen LogP contribution is 2.36. The van der Waals surface area contributed by atoms with Crippen LogP contribution < -0.4 is 5.32 Å². The molecule has 1 amide bonds. The van der Waals surface area contributed by atoms with Crippen molar-refractivity contribution in [3.05, 3.63) is 62.5 Å². The standard InChI is InChI=1S/C17H15ClN4S.C6H11NO3/c1-9-10(2)23-17-15(9)16(12-4-6-13(18)7-5-12)19-8-14-21-20-11(3)22(14)17;1-5(8)7-4-2-3-6(9)10/h4-7H,8H2,1-3H3;2-4H2,1H3,(H,7,8)(H,9,10). The third-order valence-electron chi connectivity index (χ3n) is 5.14. The fraction of sp³-hybridized carbons (Fsp3) is 0.348. The van der Waals surface area contributed by atoms with E-state index in [4.69, 9.17) is 21.7 Å². The number of halogens is 1. The molecule has 4 rings (SSSR count). The first-order valence-electron chi connectivity index (χ1n) is 10.5. The number of aliphatic carboxylic acids is 1. The molecule has 0 radical (unpaired) electrons. The maximum absolute atomic E-state index is 10.2. The molecule has 1 aliphatic heterocycles. The van der Waals surface area contributed by atoms with E-state index in [1.807, 2.05) is 31.2 Å². The van der Waals surface area contributed by atoms with E-state index < -0.39 is 5.97 Å². The second-order valence-electron chi connectivity index (χ2n) is 7.61. The highest BCUT2D eigenvalue weighted by atomic mass is 35.5. The molecule has 0 bridgehead atoms. The molecule has 10 heteroatoms. The number of hydrogen-bond acceptors (Lipinski definition) is 6. The summed E-state index contributed by atoms with van der Waals surface area (Å²) in [5.41, 5.74) is 4.52. The van der Waals surface area contributed by atoms with Gasteiger partial charge in [-0.25, -0.2) is 0 Å². The van der Waals surface area contributed by atoms with Crippen LogP contribution in [0.15, 0.2) is 29.3 Å². The summed E-state index contributed by atoms with van der Waals surface area (Å²) >= 11 is 7.80. The SMILES string of the molecule is CC(=O)NCCCC(=O)O.Cc1sc2c(c1C)C(c1ccc(Cl)cc1)=NCc1nnc(C)n1-2. The van der Waals surface area contributed by atoms with E-state index in [2.05, 4.69) is 33.9 Å². The van der Waals surface area contributed by atoms with Crippen molar-refractivity contribution in [1.29, 1.82) is 0 Å². The number of carboxylic acid groups (broad SMARTS) is 1. The Morgan fingerprint density at radius 3 is 2.52 bits per heavy atom. The van der Waals surface area contributed by atoms with Gasteiger partial charge in [-0.05, 0) is 44.9 Å². The molecule has 0 fully saturated rings. The number of fused-ring (bicyclic) bond motifs is 3. The van der Waals surface area contributed by atoms with Gasteiger partial charge in [-0.1, -0.05) is 23.7 Å². The second-order valence-corrected chi connectivity index (χ2v) is 9.25. The Bertz CT molecular complexity index is 1180. The average molecular weight is 488 g/mol. The summed E-state index contributed by atoms with van der Waals surface area (Å²) < 4.78 is 2.13. The van der Waals surface area contributed by atoms with Gasteiger partial charge in [0.25, 0.3) is 0 Å². The van der Waals surface area contributed by atoms with Crippen molar-refractivity contribution >= 4 is 40.5 Å². The predicted octanol–water partition coefficient (Wildman–Crippen LogP) is 4.25. The first-order valence-corrected chi connectivity index (χ1v) is 11.7. The van der Waals surface area contributed by atoms with Crippen LogP contribution in [0.2, 0.25) is 5.02 Å². The van der Waals surface area contributed by atoms with Crippen LogP contribution in [-0.4, -0.2) is 44.0 Å². The lowest BCUT2D eigenvalue weighted by Crippen LogP contribution is -2.21. The number of benzene rings is 1. The lowest BCUT2D eigenvalue weighted by Gasteiger charge is -2.09. The molecular formula is C23H26ClN5O3S. The highest BCUT2D eigenvalue weighted by Gasteiger charge is 2.26. The van der Waals surface area contributed by atoms with Gasteiger partial charge >= 0.3 is 5.97 Å². The summed E-state index contributed by atoms with van der Waals surface area (Å²) in [5.74, 6) is 0.833.